The van der Waals surface area contributed by atoms with Crippen LogP contribution in [0.2, 0.25) is 0 Å². The highest BCUT2D eigenvalue weighted by atomic mass is 16.5. The molecule has 0 amide bonds. The Morgan fingerprint density at radius 2 is 1.80 bits per heavy atom. The zero-order valence-corrected chi connectivity index (χ0v) is 19.2. The Labute approximate surface area is 181 Å². The van der Waals surface area contributed by atoms with Crippen molar-refractivity contribution in [1.29, 1.82) is 0 Å². The van der Waals surface area contributed by atoms with E-state index in [2.05, 4.69) is 20.8 Å². The van der Waals surface area contributed by atoms with Crippen LogP contribution < -0.4 is 0 Å². The van der Waals surface area contributed by atoms with Gasteiger partial charge in [-0.25, -0.2) is 0 Å². The number of carbonyl (C=O) groups excluding carboxylic acids is 1. The number of ether oxygens (including phenoxy) is 1. The Morgan fingerprint density at radius 1 is 1.07 bits per heavy atom. The zero-order chi connectivity index (χ0) is 21.8. The van der Waals surface area contributed by atoms with E-state index in [9.17, 15) is 20.1 Å². The van der Waals surface area contributed by atoms with E-state index in [4.69, 9.17) is 4.74 Å². The van der Waals surface area contributed by atoms with Gasteiger partial charge < -0.3 is 20.1 Å². The predicted octanol–water partition coefficient (Wildman–Crippen LogP) is 3.54. The molecule has 3 N–H and O–H groups in total. The van der Waals surface area contributed by atoms with E-state index in [0.29, 0.717) is 36.0 Å². The number of carbonyl (C=O) groups is 1. The molecular weight excluding hydrogens is 380 g/mol. The molecule has 172 valence electrons. The van der Waals surface area contributed by atoms with Crippen LogP contribution in [-0.4, -0.2) is 46.7 Å². The average Bonchev–Trinajstić information content (AvgIpc) is 3.06. The summed E-state index contributed by atoms with van der Waals surface area (Å²) in [6.45, 7) is 6.85. The second-order valence-electron chi connectivity index (χ2n) is 11.6. The molecule has 5 heteroatoms. The van der Waals surface area contributed by atoms with Crippen LogP contribution in [0.3, 0.4) is 0 Å². The van der Waals surface area contributed by atoms with Gasteiger partial charge in [0, 0.05) is 6.42 Å². The van der Waals surface area contributed by atoms with Crippen molar-refractivity contribution in [2.75, 3.05) is 7.11 Å². The summed E-state index contributed by atoms with van der Waals surface area (Å²) in [5.74, 6) is 1.81. The SMILES string of the molecule is COC(=O)CC[C@@H](C)[C@H]1CC[C@@H]2[C@@H]3[C@H](O)C[C@@H]4C[C@H](O)CC[C@]4(C)[C@@H]3C[C@H](O)[C@@]21C. The van der Waals surface area contributed by atoms with E-state index in [1.165, 1.54) is 7.11 Å². The van der Waals surface area contributed by atoms with Crippen LogP contribution in [-0.2, 0) is 9.53 Å². The molecule has 4 aliphatic rings. The molecule has 0 spiro atoms. The first kappa shape index (κ1) is 22.5. The van der Waals surface area contributed by atoms with Gasteiger partial charge in [0.05, 0.1) is 25.4 Å². The monoisotopic (exact) mass is 422 g/mol. The fraction of sp³-hybridized carbons (Fsp3) is 0.960. The lowest BCUT2D eigenvalue weighted by Crippen LogP contribution is -2.62. The van der Waals surface area contributed by atoms with Gasteiger partial charge in [-0.15, -0.1) is 0 Å². The Bertz CT molecular complexity index is 651. The average molecular weight is 423 g/mol. The van der Waals surface area contributed by atoms with Gasteiger partial charge >= 0.3 is 5.97 Å². The van der Waals surface area contributed by atoms with Gasteiger partial charge in [-0.3, -0.25) is 4.79 Å². The fourth-order valence-corrected chi connectivity index (χ4v) is 8.78. The van der Waals surface area contributed by atoms with Crippen molar-refractivity contribution < 1.29 is 24.9 Å². The Balaban J connectivity index is 1.58. The number of rotatable bonds is 4. The zero-order valence-electron chi connectivity index (χ0n) is 19.2. The summed E-state index contributed by atoms with van der Waals surface area (Å²) in [6, 6.07) is 0. The molecule has 0 radical (unpaired) electrons. The molecule has 0 unspecified atom stereocenters. The van der Waals surface area contributed by atoms with E-state index in [0.717, 1.165) is 51.4 Å². The molecule has 0 aromatic heterocycles. The fourth-order valence-electron chi connectivity index (χ4n) is 8.78. The lowest BCUT2D eigenvalue weighted by Gasteiger charge is -2.63. The standard InChI is InChI=1S/C25H42O5/c1-14(5-8-22(29)30-4)17-6-7-18-23-19(13-21(28)25(17,18)3)24(2)10-9-16(26)11-15(24)12-20(23)27/h14-21,23,26-28H,5-13H2,1-4H3/t14-,15+,16-,17-,18-,19-,20-,21+,23+,24+,25-/m1/s1. The van der Waals surface area contributed by atoms with E-state index in [-0.39, 0.29) is 41.0 Å². The second kappa shape index (κ2) is 8.04. The minimum absolute atomic E-state index is 0.111. The summed E-state index contributed by atoms with van der Waals surface area (Å²) in [7, 11) is 1.44. The Morgan fingerprint density at radius 3 is 2.50 bits per heavy atom. The van der Waals surface area contributed by atoms with Gasteiger partial charge in [-0.05, 0) is 97.7 Å². The van der Waals surface area contributed by atoms with Crippen LogP contribution in [0.4, 0.5) is 0 Å². The van der Waals surface area contributed by atoms with E-state index in [1.807, 2.05) is 0 Å². The van der Waals surface area contributed by atoms with Gasteiger partial charge in [0.15, 0.2) is 0 Å². The number of hydrogen-bond donors (Lipinski definition) is 3. The molecule has 0 aromatic rings. The van der Waals surface area contributed by atoms with Gasteiger partial charge in [0.2, 0.25) is 0 Å². The van der Waals surface area contributed by atoms with Crippen LogP contribution in [0, 0.1) is 46.3 Å². The molecule has 0 bridgehead atoms. The highest BCUT2D eigenvalue weighted by molar-refractivity contribution is 5.69. The molecular formula is C25H42O5. The number of aliphatic hydroxyl groups excluding tert-OH is 3. The molecule has 30 heavy (non-hydrogen) atoms. The van der Waals surface area contributed by atoms with Crippen LogP contribution in [0.5, 0.6) is 0 Å². The van der Waals surface area contributed by atoms with Gasteiger partial charge in [-0.2, -0.15) is 0 Å². The van der Waals surface area contributed by atoms with Crippen molar-refractivity contribution in [2.45, 2.75) is 96.9 Å². The Kier molecular flexibility index (Phi) is 6.04. The summed E-state index contributed by atoms with van der Waals surface area (Å²) >= 11 is 0. The molecule has 4 aliphatic carbocycles. The van der Waals surface area contributed by atoms with E-state index in [1.54, 1.807) is 0 Å². The topological polar surface area (TPSA) is 87.0 Å². The smallest absolute Gasteiger partial charge is 0.305 e. The van der Waals surface area contributed by atoms with Crippen molar-refractivity contribution in [2.24, 2.45) is 46.3 Å². The molecule has 0 heterocycles. The largest absolute Gasteiger partial charge is 0.469 e. The molecule has 0 aromatic carbocycles. The van der Waals surface area contributed by atoms with Crippen molar-refractivity contribution in [3.63, 3.8) is 0 Å². The first-order chi connectivity index (χ1) is 14.1. The molecule has 0 aliphatic heterocycles. The number of aliphatic hydroxyl groups is 3. The van der Waals surface area contributed by atoms with E-state index >= 15 is 0 Å². The molecule has 11 atom stereocenters. The summed E-state index contributed by atoms with van der Waals surface area (Å²) < 4.78 is 4.83. The molecule has 4 saturated carbocycles. The first-order valence-corrected chi connectivity index (χ1v) is 12.2. The van der Waals surface area contributed by atoms with Crippen LogP contribution in [0.15, 0.2) is 0 Å². The van der Waals surface area contributed by atoms with Gasteiger partial charge in [0.1, 0.15) is 0 Å². The van der Waals surface area contributed by atoms with Gasteiger partial charge in [0.25, 0.3) is 0 Å². The minimum Gasteiger partial charge on any atom is -0.469 e. The van der Waals surface area contributed by atoms with E-state index < -0.39 is 0 Å². The van der Waals surface area contributed by atoms with Crippen LogP contribution >= 0.6 is 0 Å². The molecule has 5 nitrogen and oxygen atoms in total. The number of fused-ring (bicyclic) bond motifs is 5. The summed E-state index contributed by atoms with van der Waals surface area (Å²) in [6.07, 6.45) is 6.60. The lowest BCUT2D eigenvalue weighted by molar-refractivity contribution is -0.207. The summed E-state index contributed by atoms with van der Waals surface area (Å²) in [5, 5.41) is 33.1. The third kappa shape index (κ3) is 3.34. The normalized spacial score (nSPS) is 51.4. The summed E-state index contributed by atoms with van der Waals surface area (Å²) in [4.78, 5) is 11.7. The van der Waals surface area contributed by atoms with Crippen molar-refractivity contribution in [1.82, 2.24) is 0 Å². The quantitative estimate of drug-likeness (QED) is 0.603. The van der Waals surface area contributed by atoms with Gasteiger partial charge in [-0.1, -0.05) is 20.8 Å². The maximum absolute atomic E-state index is 11.7. The third-order valence-corrected chi connectivity index (χ3v) is 10.6. The number of esters is 1. The summed E-state index contributed by atoms with van der Waals surface area (Å²) in [5.41, 5.74) is -0.0882. The predicted molar refractivity (Wildman–Crippen MR) is 114 cm³/mol. The van der Waals surface area contributed by atoms with Crippen molar-refractivity contribution in [3.8, 4) is 0 Å². The van der Waals surface area contributed by atoms with Crippen LogP contribution in [0.1, 0.15) is 78.6 Å². The van der Waals surface area contributed by atoms with Crippen molar-refractivity contribution in [3.05, 3.63) is 0 Å². The number of methoxy groups -OCH3 is 1. The second-order valence-corrected chi connectivity index (χ2v) is 11.6. The molecule has 4 rings (SSSR count). The molecule has 4 fully saturated rings. The first-order valence-electron chi connectivity index (χ1n) is 12.2. The minimum atomic E-state index is -0.369. The highest BCUT2D eigenvalue weighted by Crippen LogP contribution is 2.68. The maximum Gasteiger partial charge on any atom is 0.305 e. The van der Waals surface area contributed by atoms with Crippen molar-refractivity contribution >= 4 is 5.97 Å². The Hall–Kier alpha value is -0.650. The number of hydrogen-bond acceptors (Lipinski definition) is 5. The van der Waals surface area contributed by atoms with Crippen LogP contribution in [0.25, 0.3) is 0 Å². The highest BCUT2D eigenvalue weighted by Gasteiger charge is 2.65. The third-order valence-electron chi connectivity index (χ3n) is 10.6. The maximum atomic E-state index is 11.7. The molecule has 0 saturated heterocycles. The lowest BCUT2D eigenvalue weighted by atomic mass is 9.43.